The molecular formula is C20H17N3O3S. The van der Waals surface area contributed by atoms with Crippen LogP contribution in [0.1, 0.15) is 5.69 Å². The topological polar surface area (TPSA) is 79.4 Å². The number of amides is 1. The summed E-state index contributed by atoms with van der Waals surface area (Å²) in [5.41, 5.74) is 1.77. The number of aromatic nitrogens is 1. The van der Waals surface area contributed by atoms with E-state index in [1.54, 1.807) is 59.6 Å². The second-order valence-electron chi connectivity index (χ2n) is 6.12. The molecule has 27 heavy (non-hydrogen) atoms. The first-order valence-electron chi connectivity index (χ1n) is 8.44. The first kappa shape index (κ1) is 17.2. The van der Waals surface area contributed by atoms with Crippen LogP contribution in [0.4, 0.5) is 11.4 Å². The van der Waals surface area contributed by atoms with Crippen LogP contribution in [-0.4, -0.2) is 25.9 Å². The zero-order valence-electron chi connectivity index (χ0n) is 14.4. The molecule has 1 aliphatic heterocycles. The van der Waals surface area contributed by atoms with Gasteiger partial charge in [0.2, 0.25) is 15.7 Å². The zero-order chi connectivity index (χ0) is 18.9. The molecule has 0 radical (unpaired) electrons. The maximum atomic E-state index is 12.9. The van der Waals surface area contributed by atoms with Gasteiger partial charge in [0, 0.05) is 6.20 Å². The molecule has 0 unspecified atom stereocenters. The Balaban J connectivity index is 1.64. The van der Waals surface area contributed by atoms with Gasteiger partial charge in [0.15, 0.2) is 0 Å². The fourth-order valence-electron chi connectivity index (χ4n) is 3.12. The standard InChI is InChI=1S/C20H17N3O3S/c24-20(22-13-15-7-5-6-12-21-15)14-23-16-8-1-3-10-18(16)27(25,26)19-11-4-2-9-17(19)23/h1-12H,13-14H2,(H,22,24). The van der Waals surface area contributed by atoms with E-state index in [1.165, 1.54) is 0 Å². The van der Waals surface area contributed by atoms with Gasteiger partial charge < -0.3 is 10.2 Å². The molecular weight excluding hydrogens is 362 g/mol. The van der Waals surface area contributed by atoms with Gasteiger partial charge in [-0.05, 0) is 36.4 Å². The monoisotopic (exact) mass is 379 g/mol. The van der Waals surface area contributed by atoms with E-state index in [4.69, 9.17) is 0 Å². The lowest BCUT2D eigenvalue weighted by Gasteiger charge is -2.32. The Morgan fingerprint density at radius 2 is 1.48 bits per heavy atom. The number of benzene rings is 2. The molecule has 4 rings (SSSR count). The van der Waals surface area contributed by atoms with Crippen molar-refractivity contribution in [1.82, 2.24) is 10.3 Å². The summed E-state index contributed by atoms with van der Waals surface area (Å²) in [7, 11) is -3.61. The minimum Gasteiger partial charge on any atom is -0.349 e. The normalized spacial score (nSPS) is 14.1. The largest absolute Gasteiger partial charge is 0.349 e. The Kier molecular flexibility index (Phi) is 4.37. The Bertz CT molecular complexity index is 1040. The van der Waals surface area contributed by atoms with Crippen LogP contribution in [-0.2, 0) is 21.2 Å². The van der Waals surface area contributed by atoms with E-state index in [0.29, 0.717) is 17.9 Å². The third-order valence-electron chi connectivity index (χ3n) is 4.39. The molecule has 7 heteroatoms. The molecule has 0 fully saturated rings. The van der Waals surface area contributed by atoms with Crippen LogP contribution < -0.4 is 10.2 Å². The third kappa shape index (κ3) is 3.17. The van der Waals surface area contributed by atoms with Crippen LogP contribution in [0.25, 0.3) is 0 Å². The highest BCUT2D eigenvalue weighted by molar-refractivity contribution is 7.92. The van der Waals surface area contributed by atoms with Crippen molar-refractivity contribution in [3.8, 4) is 0 Å². The van der Waals surface area contributed by atoms with Crippen LogP contribution in [0.5, 0.6) is 0 Å². The second-order valence-corrected chi connectivity index (χ2v) is 8.01. The first-order valence-corrected chi connectivity index (χ1v) is 9.93. The SMILES string of the molecule is O=C(CN1c2ccccc2S(=O)(=O)c2ccccc21)NCc1ccccn1. The molecule has 3 aromatic rings. The number of anilines is 2. The summed E-state index contributed by atoms with van der Waals surface area (Å²) in [6.45, 7) is 0.325. The van der Waals surface area contributed by atoms with Crippen molar-refractivity contribution in [1.29, 1.82) is 0 Å². The number of nitrogens with one attached hydrogen (secondary N) is 1. The minimum absolute atomic E-state index is 0.0103. The quantitative estimate of drug-likeness (QED) is 0.754. The highest BCUT2D eigenvalue weighted by Crippen LogP contribution is 2.43. The van der Waals surface area contributed by atoms with Crippen molar-refractivity contribution in [3.05, 3.63) is 78.6 Å². The fourth-order valence-corrected chi connectivity index (χ4v) is 4.78. The molecule has 0 atom stereocenters. The minimum atomic E-state index is -3.61. The predicted octanol–water partition coefficient (Wildman–Crippen LogP) is 2.68. The number of hydrogen-bond donors (Lipinski definition) is 1. The van der Waals surface area contributed by atoms with Gasteiger partial charge in [-0.2, -0.15) is 0 Å². The number of pyridine rings is 1. The highest BCUT2D eigenvalue weighted by Gasteiger charge is 2.34. The predicted molar refractivity (Wildman–Crippen MR) is 101 cm³/mol. The van der Waals surface area contributed by atoms with Crippen molar-refractivity contribution < 1.29 is 13.2 Å². The highest BCUT2D eigenvalue weighted by atomic mass is 32.2. The first-order chi connectivity index (χ1) is 13.1. The average molecular weight is 379 g/mol. The van der Waals surface area contributed by atoms with Crippen molar-refractivity contribution in [3.63, 3.8) is 0 Å². The van der Waals surface area contributed by atoms with Crippen molar-refractivity contribution in [2.24, 2.45) is 0 Å². The number of nitrogens with zero attached hydrogens (tertiary/aromatic N) is 2. The molecule has 2 aromatic carbocycles. The van der Waals surface area contributed by atoms with E-state index in [1.807, 2.05) is 18.2 Å². The summed E-state index contributed by atoms with van der Waals surface area (Å²) >= 11 is 0. The van der Waals surface area contributed by atoms with Crippen LogP contribution in [0, 0.1) is 0 Å². The van der Waals surface area contributed by atoms with Gasteiger partial charge in [-0.3, -0.25) is 9.78 Å². The van der Waals surface area contributed by atoms with E-state index < -0.39 is 9.84 Å². The van der Waals surface area contributed by atoms with Crippen LogP contribution in [0.3, 0.4) is 0 Å². The van der Waals surface area contributed by atoms with Crippen LogP contribution in [0.2, 0.25) is 0 Å². The summed E-state index contributed by atoms with van der Waals surface area (Å²) in [6.07, 6.45) is 1.67. The lowest BCUT2D eigenvalue weighted by molar-refractivity contribution is -0.119. The summed E-state index contributed by atoms with van der Waals surface area (Å²) < 4.78 is 25.8. The fraction of sp³-hybridized carbons (Fsp3) is 0.100. The summed E-state index contributed by atoms with van der Waals surface area (Å²) in [4.78, 5) is 18.9. The molecule has 1 amide bonds. The van der Waals surface area contributed by atoms with Gasteiger partial charge in [-0.1, -0.05) is 30.3 Å². The maximum Gasteiger partial charge on any atom is 0.240 e. The second kappa shape index (κ2) is 6.85. The smallest absolute Gasteiger partial charge is 0.240 e. The molecule has 0 spiro atoms. The molecule has 2 heterocycles. The number of carbonyl (C=O) groups is 1. The van der Waals surface area contributed by atoms with Gasteiger partial charge in [0.05, 0.1) is 33.4 Å². The third-order valence-corrected chi connectivity index (χ3v) is 6.23. The van der Waals surface area contributed by atoms with Crippen LogP contribution in [0.15, 0.2) is 82.7 Å². The number of hydrogen-bond acceptors (Lipinski definition) is 5. The summed E-state index contributed by atoms with van der Waals surface area (Å²) in [5, 5.41) is 2.84. The lowest BCUT2D eigenvalue weighted by atomic mass is 10.2. The summed E-state index contributed by atoms with van der Waals surface area (Å²) in [5.74, 6) is -0.218. The number of para-hydroxylation sites is 2. The number of carbonyl (C=O) groups excluding carboxylic acids is 1. The van der Waals surface area contributed by atoms with E-state index in [0.717, 1.165) is 5.69 Å². The molecule has 0 aliphatic carbocycles. The number of rotatable bonds is 4. The van der Waals surface area contributed by atoms with Gasteiger partial charge in [0.25, 0.3) is 0 Å². The molecule has 1 aromatic heterocycles. The number of sulfone groups is 1. The Morgan fingerprint density at radius 3 is 2.07 bits per heavy atom. The van der Waals surface area contributed by atoms with E-state index >= 15 is 0 Å². The van der Waals surface area contributed by atoms with E-state index in [9.17, 15) is 13.2 Å². The Hall–Kier alpha value is -3.19. The molecule has 0 saturated heterocycles. The molecule has 1 N–H and O–H groups in total. The Morgan fingerprint density at radius 1 is 0.889 bits per heavy atom. The van der Waals surface area contributed by atoms with Gasteiger partial charge >= 0.3 is 0 Å². The lowest BCUT2D eigenvalue weighted by Crippen LogP contribution is -2.37. The van der Waals surface area contributed by atoms with Gasteiger partial charge in [0.1, 0.15) is 6.54 Å². The van der Waals surface area contributed by atoms with Gasteiger partial charge in [-0.25, -0.2) is 8.42 Å². The van der Waals surface area contributed by atoms with Crippen molar-refractivity contribution >= 4 is 27.1 Å². The molecule has 136 valence electrons. The molecule has 1 aliphatic rings. The van der Waals surface area contributed by atoms with Crippen molar-refractivity contribution in [2.75, 3.05) is 11.4 Å². The number of fused-ring (bicyclic) bond motifs is 2. The molecule has 6 nitrogen and oxygen atoms in total. The van der Waals surface area contributed by atoms with Crippen molar-refractivity contribution in [2.45, 2.75) is 16.3 Å². The average Bonchev–Trinajstić information content (AvgIpc) is 2.71. The van der Waals surface area contributed by atoms with E-state index in [-0.39, 0.29) is 22.2 Å². The molecule has 0 saturated carbocycles. The maximum absolute atomic E-state index is 12.9. The van der Waals surface area contributed by atoms with Crippen LogP contribution >= 0.6 is 0 Å². The zero-order valence-corrected chi connectivity index (χ0v) is 15.2. The van der Waals surface area contributed by atoms with E-state index in [2.05, 4.69) is 10.3 Å². The van der Waals surface area contributed by atoms with Gasteiger partial charge in [-0.15, -0.1) is 0 Å². The molecule has 0 bridgehead atoms. The summed E-state index contributed by atoms with van der Waals surface area (Å²) in [6, 6.07) is 19.0. The Labute approximate surface area is 157 Å².